The van der Waals surface area contributed by atoms with Crippen LogP contribution in [0.3, 0.4) is 0 Å². The summed E-state index contributed by atoms with van der Waals surface area (Å²) < 4.78 is 13.0. The van der Waals surface area contributed by atoms with Gasteiger partial charge in [-0.15, -0.1) is 0 Å². The highest BCUT2D eigenvalue weighted by molar-refractivity contribution is 5.94. The van der Waals surface area contributed by atoms with Crippen LogP contribution in [0, 0.1) is 11.7 Å². The van der Waals surface area contributed by atoms with Crippen LogP contribution in [-0.4, -0.2) is 25.0 Å². The molecule has 2 N–H and O–H groups in total. The minimum Gasteiger partial charge on any atom is -0.350 e. The summed E-state index contributed by atoms with van der Waals surface area (Å²) in [6, 6.07) is 6.12. The van der Waals surface area contributed by atoms with Crippen molar-refractivity contribution in [2.24, 2.45) is 5.92 Å². The van der Waals surface area contributed by atoms with Crippen LogP contribution in [0.15, 0.2) is 24.3 Å². The maximum absolute atomic E-state index is 13.0. The first kappa shape index (κ1) is 14.0. The SMILES string of the molecule is CCC1CCCNC1CNC(=O)c1cccc(F)c1. The molecule has 0 aromatic heterocycles. The number of hydrogen-bond donors (Lipinski definition) is 2. The lowest BCUT2D eigenvalue weighted by molar-refractivity contribution is 0.0941. The molecular formula is C15H21FN2O. The summed E-state index contributed by atoms with van der Waals surface area (Å²) in [6.45, 7) is 3.80. The van der Waals surface area contributed by atoms with Crippen LogP contribution in [0.4, 0.5) is 4.39 Å². The monoisotopic (exact) mass is 264 g/mol. The minimum atomic E-state index is -0.380. The molecule has 1 aromatic carbocycles. The third kappa shape index (κ3) is 3.77. The Morgan fingerprint density at radius 2 is 2.37 bits per heavy atom. The molecule has 1 fully saturated rings. The van der Waals surface area contributed by atoms with Crippen molar-refractivity contribution in [1.82, 2.24) is 10.6 Å². The quantitative estimate of drug-likeness (QED) is 0.876. The number of rotatable bonds is 4. The summed E-state index contributed by atoms with van der Waals surface area (Å²) in [5.41, 5.74) is 0.379. The van der Waals surface area contributed by atoms with Crippen LogP contribution in [-0.2, 0) is 0 Å². The highest BCUT2D eigenvalue weighted by Gasteiger charge is 2.23. The number of carbonyl (C=O) groups excluding carboxylic acids is 1. The standard InChI is InChI=1S/C15H21FN2O/c1-2-11-6-4-8-17-14(11)10-18-15(19)12-5-3-7-13(16)9-12/h3,5,7,9,11,14,17H,2,4,6,8,10H2,1H3,(H,18,19). The molecule has 19 heavy (non-hydrogen) atoms. The molecule has 1 aromatic rings. The lowest BCUT2D eigenvalue weighted by atomic mass is 9.88. The summed E-state index contributed by atoms with van der Waals surface area (Å²) in [4.78, 5) is 11.9. The molecule has 1 aliphatic rings. The topological polar surface area (TPSA) is 41.1 Å². The Kier molecular flexibility index (Phi) is 4.91. The van der Waals surface area contributed by atoms with Crippen LogP contribution >= 0.6 is 0 Å². The van der Waals surface area contributed by atoms with Crippen molar-refractivity contribution in [3.05, 3.63) is 35.6 Å². The van der Waals surface area contributed by atoms with Gasteiger partial charge in [-0.05, 0) is 43.5 Å². The smallest absolute Gasteiger partial charge is 0.251 e. The van der Waals surface area contributed by atoms with Crippen LogP contribution in [0.5, 0.6) is 0 Å². The van der Waals surface area contributed by atoms with Gasteiger partial charge in [-0.1, -0.05) is 19.4 Å². The maximum Gasteiger partial charge on any atom is 0.251 e. The lowest BCUT2D eigenvalue weighted by Gasteiger charge is -2.32. The number of hydrogen-bond acceptors (Lipinski definition) is 2. The Morgan fingerprint density at radius 1 is 1.53 bits per heavy atom. The number of piperidine rings is 1. The van der Waals surface area contributed by atoms with Crippen molar-refractivity contribution in [2.75, 3.05) is 13.1 Å². The van der Waals surface area contributed by atoms with Gasteiger partial charge in [0.1, 0.15) is 5.82 Å². The zero-order chi connectivity index (χ0) is 13.7. The van der Waals surface area contributed by atoms with E-state index in [1.807, 2.05) is 0 Å². The predicted molar refractivity (Wildman–Crippen MR) is 73.5 cm³/mol. The fraction of sp³-hybridized carbons (Fsp3) is 0.533. The molecule has 0 bridgehead atoms. The second-order valence-electron chi connectivity index (χ2n) is 5.09. The average molecular weight is 264 g/mol. The summed E-state index contributed by atoms with van der Waals surface area (Å²) >= 11 is 0. The number of halogens is 1. The molecule has 1 saturated heterocycles. The Bertz CT molecular complexity index is 436. The van der Waals surface area contributed by atoms with E-state index in [-0.39, 0.29) is 11.7 Å². The molecule has 4 heteroatoms. The lowest BCUT2D eigenvalue weighted by Crippen LogP contribution is -2.48. The summed E-state index contributed by atoms with van der Waals surface area (Å²) in [6.07, 6.45) is 3.53. The zero-order valence-corrected chi connectivity index (χ0v) is 11.3. The number of carbonyl (C=O) groups is 1. The van der Waals surface area contributed by atoms with E-state index in [4.69, 9.17) is 0 Å². The van der Waals surface area contributed by atoms with Crippen molar-refractivity contribution < 1.29 is 9.18 Å². The molecule has 2 rings (SSSR count). The van der Waals surface area contributed by atoms with Crippen LogP contribution in [0.2, 0.25) is 0 Å². The molecule has 0 radical (unpaired) electrons. The molecule has 1 aliphatic heterocycles. The van der Waals surface area contributed by atoms with E-state index in [9.17, 15) is 9.18 Å². The summed E-state index contributed by atoms with van der Waals surface area (Å²) in [5, 5.41) is 6.34. The van der Waals surface area contributed by atoms with Crippen molar-refractivity contribution in [3.63, 3.8) is 0 Å². The molecule has 1 heterocycles. The second-order valence-corrected chi connectivity index (χ2v) is 5.09. The normalized spacial score (nSPS) is 23.1. The third-order valence-electron chi connectivity index (χ3n) is 3.82. The van der Waals surface area contributed by atoms with Crippen molar-refractivity contribution in [3.8, 4) is 0 Å². The third-order valence-corrected chi connectivity index (χ3v) is 3.82. The maximum atomic E-state index is 13.0. The molecule has 2 atom stereocenters. The predicted octanol–water partition coefficient (Wildman–Crippen LogP) is 2.33. The fourth-order valence-electron chi connectivity index (χ4n) is 2.68. The Morgan fingerprint density at radius 3 is 3.11 bits per heavy atom. The largest absolute Gasteiger partial charge is 0.350 e. The molecule has 0 saturated carbocycles. The van der Waals surface area contributed by atoms with Crippen molar-refractivity contribution in [1.29, 1.82) is 0 Å². The number of nitrogens with one attached hydrogen (secondary N) is 2. The van der Waals surface area contributed by atoms with Gasteiger partial charge in [0, 0.05) is 18.2 Å². The fourth-order valence-corrected chi connectivity index (χ4v) is 2.68. The molecule has 3 nitrogen and oxygen atoms in total. The van der Waals surface area contributed by atoms with E-state index < -0.39 is 0 Å². The van der Waals surface area contributed by atoms with Gasteiger partial charge in [-0.3, -0.25) is 4.79 Å². The van der Waals surface area contributed by atoms with E-state index in [2.05, 4.69) is 17.6 Å². The highest BCUT2D eigenvalue weighted by atomic mass is 19.1. The molecule has 104 valence electrons. The molecule has 0 spiro atoms. The van der Waals surface area contributed by atoms with Crippen molar-refractivity contribution in [2.45, 2.75) is 32.2 Å². The van der Waals surface area contributed by atoms with Gasteiger partial charge < -0.3 is 10.6 Å². The van der Waals surface area contributed by atoms with E-state index in [0.717, 1.165) is 13.0 Å². The van der Waals surface area contributed by atoms with Gasteiger partial charge >= 0.3 is 0 Å². The van der Waals surface area contributed by atoms with Gasteiger partial charge in [0.2, 0.25) is 0 Å². The first-order valence-corrected chi connectivity index (χ1v) is 6.98. The Balaban J connectivity index is 1.89. The van der Waals surface area contributed by atoms with E-state index in [1.54, 1.807) is 12.1 Å². The van der Waals surface area contributed by atoms with Gasteiger partial charge in [-0.25, -0.2) is 4.39 Å². The van der Waals surface area contributed by atoms with E-state index in [0.29, 0.717) is 24.1 Å². The van der Waals surface area contributed by atoms with E-state index in [1.165, 1.54) is 25.0 Å². The van der Waals surface area contributed by atoms with Gasteiger partial charge in [0.05, 0.1) is 0 Å². The molecular weight excluding hydrogens is 243 g/mol. The average Bonchev–Trinajstić information content (AvgIpc) is 2.45. The Hall–Kier alpha value is -1.42. The van der Waals surface area contributed by atoms with Gasteiger partial charge in [0.15, 0.2) is 0 Å². The highest BCUT2D eigenvalue weighted by Crippen LogP contribution is 2.19. The van der Waals surface area contributed by atoms with Crippen LogP contribution in [0.25, 0.3) is 0 Å². The summed E-state index contributed by atoms with van der Waals surface area (Å²) in [5.74, 6) is 0.0261. The van der Waals surface area contributed by atoms with Gasteiger partial charge in [0.25, 0.3) is 5.91 Å². The molecule has 0 aliphatic carbocycles. The van der Waals surface area contributed by atoms with Gasteiger partial charge in [-0.2, -0.15) is 0 Å². The first-order chi connectivity index (χ1) is 9.20. The van der Waals surface area contributed by atoms with Crippen LogP contribution < -0.4 is 10.6 Å². The zero-order valence-electron chi connectivity index (χ0n) is 11.3. The molecule has 2 unspecified atom stereocenters. The minimum absolute atomic E-state index is 0.207. The number of amides is 1. The first-order valence-electron chi connectivity index (χ1n) is 6.98. The molecule has 1 amide bonds. The Labute approximate surface area is 113 Å². The van der Waals surface area contributed by atoms with Crippen molar-refractivity contribution >= 4 is 5.91 Å². The summed E-state index contributed by atoms with van der Waals surface area (Å²) in [7, 11) is 0. The number of benzene rings is 1. The second kappa shape index (κ2) is 6.66. The van der Waals surface area contributed by atoms with Crippen LogP contribution in [0.1, 0.15) is 36.5 Å². The van der Waals surface area contributed by atoms with E-state index >= 15 is 0 Å².